The smallest absolute Gasteiger partial charge is 0.465 e. The van der Waals surface area contributed by atoms with E-state index in [1.807, 2.05) is 0 Å². The van der Waals surface area contributed by atoms with Crippen LogP contribution in [0.2, 0.25) is 0 Å². The first-order valence-corrected chi connectivity index (χ1v) is 6.62. The van der Waals surface area contributed by atoms with Crippen LogP contribution in [0.1, 0.15) is 5.56 Å². The number of hydrogen-bond donors (Lipinski definition) is 2. The van der Waals surface area contributed by atoms with E-state index < -0.39 is 17.2 Å². The van der Waals surface area contributed by atoms with Crippen molar-refractivity contribution in [3.63, 3.8) is 0 Å². The van der Waals surface area contributed by atoms with Crippen molar-refractivity contribution in [2.75, 3.05) is 5.32 Å². The summed E-state index contributed by atoms with van der Waals surface area (Å²) in [6.07, 6.45) is -2.19. The van der Waals surface area contributed by atoms with Crippen molar-refractivity contribution < 1.29 is 29.1 Å². The van der Waals surface area contributed by atoms with Crippen LogP contribution < -0.4 is 10.1 Å². The molecule has 2 aromatic carbocycles. The second kappa shape index (κ2) is 7.58. The predicted molar refractivity (Wildman–Crippen MR) is 82.0 cm³/mol. The monoisotopic (exact) mass is 332 g/mol. The Kier molecular flexibility index (Phi) is 5.29. The number of nitrogens with one attached hydrogen (secondary N) is 1. The van der Waals surface area contributed by atoms with Gasteiger partial charge in [0, 0.05) is 17.8 Å². The predicted octanol–water partition coefficient (Wildman–Crippen LogP) is 3.40. The van der Waals surface area contributed by atoms with Gasteiger partial charge in [0.05, 0.1) is 4.92 Å². The first-order chi connectivity index (χ1) is 11.4. The highest BCUT2D eigenvalue weighted by atomic mass is 16.7. The Balaban J connectivity index is 1.89. The summed E-state index contributed by atoms with van der Waals surface area (Å²) < 4.78 is 9.77. The molecule has 24 heavy (non-hydrogen) atoms. The van der Waals surface area contributed by atoms with Gasteiger partial charge in [-0.3, -0.25) is 15.4 Å². The normalized spacial score (nSPS) is 9.83. The van der Waals surface area contributed by atoms with Crippen molar-refractivity contribution in [1.29, 1.82) is 0 Å². The van der Waals surface area contributed by atoms with Gasteiger partial charge in [-0.1, -0.05) is 12.1 Å². The number of nitro benzene ring substituents is 1. The number of benzene rings is 2. The molecule has 9 heteroatoms. The van der Waals surface area contributed by atoms with Crippen LogP contribution >= 0.6 is 0 Å². The summed E-state index contributed by atoms with van der Waals surface area (Å²) in [5, 5.41) is 21.3. The van der Waals surface area contributed by atoms with Gasteiger partial charge in [0.25, 0.3) is 5.69 Å². The number of anilines is 1. The Morgan fingerprint density at radius 3 is 2.50 bits per heavy atom. The van der Waals surface area contributed by atoms with E-state index >= 15 is 0 Å². The number of non-ortho nitro benzene ring substituents is 1. The van der Waals surface area contributed by atoms with E-state index in [1.54, 1.807) is 18.2 Å². The fourth-order valence-corrected chi connectivity index (χ4v) is 1.77. The summed E-state index contributed by atoms with van der Waals surface area (Å²) in [5.74, 6) is 0.104. The highest BCUT2D eigenvalue weighted by Gasteiger charge is 2.10. The lowest BCUT2D eigenvalue weighted by Crippen LogP contribution is -2.11. The third kappa shape index (κ3) is 4.98. The largest absolute Gasteiger partial charge is 0.514 e. The lowest BCUT2D eigenvalue weighted by Gasteiger charge is -2.07. The molecule has 9 nitrogen and oxygen atoms in total. The number of nitrogens with zero attached hydrogens (tertiary/aromatic N) is 1. The Hall–Kier alpha value is -3.62. The van der Waals surface area contributed by atoms with Gasteiger partial charge in [-0.2, -0.15) is 0 Å². The maximum atomic E-state index is 11.6. The molecule has 2 aromatic rings. The first kappa shape index (κ1) is 16.7. The molecule has 0 saturated heterocycles. The first-order valence-electron chi connectivity index (χ1n) is 6.62. The molecule has 0 atom stereocenters. The molecular weight excluding hydrogens is 320 g/mol. The summed E-state index contributed by atoms with van der Waals surface area (Å²) in [6, 6.07) is 11.2. The van der Waals surface area contributed by atoms with Gasteiger partial charge in [-0.25, -0.2) is 9.59 Å². The second-order valence-electron chi connectivity index (χ2n) is 4.52. The van der Waals surface area contributed by atoms with Gasteiger partial charge in [0.1, 0.15) is 12.4 Å². The summed E-state index contributed by atoms with van der Waals surface area (Å²) in [4.78, 5) is 32.1. The average molecular weight is 332 g/mol. The Morgan fingerprint density at radius 1 is 1.17 bits per heavy atom. The van der Waals surface area contributed by atoms with Gasteiger partial charge in [-0.05, 0) is 29.8 Å². The molecule has 0 aliphatic rings. The lowest BCUT2D eigenvalue weighted by molar-refractivity contribution is -0.384. The topological polar surface area (TPSA) is 128 Å². The van der Waals surface area contributed by atoms with Crippen LogP contribution in [0.4, 0.5) is 21.0 Å². The molecule has 0 aliphatic heterocycles. The van der Waals surface area contributed by atoms with Crippen LogP contribution in [-0.4, -0.2) is 22.3 Å². The molecule has 0 unspecified atom stereocenters. The zero-order chi connectivity index (χ0) is 17.5. The molecule has 1 amide bonds. The third-order valence-corrected chi connectivity index (χ3v) is 2.78. The summed E-state index contributed by atoms with van der Waals surface area (Å²) in [7, 11) is 0. The number of nitro groups is 1. The quantitative estimate of drug-likeness (QED) is 0.371. The summed E-state index contributed by atoms with van der Waals surface area (Å²) in [5.41, 5.74) is 0.771. The molecule has 0 bridgehead atoms. The molecule has 2 rings (SSSR count). The molecule has 2 N–H and O–H groups in total. The van der Waals surface area contributed by atoms with Crippen molar-refractivity contribution in [2.24, 2.45) is 0 Å². The third-order valence-electron chi connectivity index (χ3n) is 2.78. The van der Waals surface area contributed by atoms with Gasteiger partial charge < -0.3 is 14.6 Å². The highest BCUT2D eigenvalue weighted by Crippen LogP contribution is 2.18. The van der Waals surface area contributed by atoms with Gasteiger partial charge >= 0.3 is 12.2 Å². The molecular formula is C15H12N2O7. The van der Waals surface area contributed by atoms with E-state index in [2.05, 4.69) is 5.32 Å². The molecule has 0 heterocycles. The van der Waals surface area contributed by atoms with E-state index in [1.165, 1.54) is 30.3 Å². The minimum absolute atomic E-state index is 0.104. The van der Waals surface area contributed by atoms with Crippen molar-refractivity contribution >= 4 is 23.6 Å². The standard InChI is InChI=1S/C15H12N2O7/c18-14(19)16-11-3-1-2-10(8-11)9-23-15(20)24-13-6-4-12(5-7-13)17(21)22/h1-8,16H,9H2,(H,18,19). The SMILES string of the molecule is O=C(O)Nc1cccc(COC(=O)Oc2ccc([N+](=O)[O-])cc2)c1. The number of carboxylic acid groups (broad SMARTS) is 1. The fourth-order valence-electron chi connectivity index (χ4n) is 1.77. The average Bonchev–Trinajstić information content (AvgIpc) is 2.53. The fraction of sp³-hybridized carbons (Fsp3) is 0.0667. The second-order valence-corrected chi connectivity index (χ2v) is 4.52. The molecule has 124 valence electrons. The Labute approximate surface area is 135 Å². The zero-order valence-corrected chi connectivity index (χ0v) is 12.2. The van der Waals surface area contributed by atoms with Crippen molar-refractivity contribution in [3.05, 3.63) is 64.2 Å². The van der Waals surface area contributed by atoms with E-state index in [-0.39, 0.29) is 18.0 Å². The maximum absolute atomic E-state index is 11.6. The van der Waals surface area contributed by atoms with Crippen LogP contribution in [0.25, 0.3) is 0 Å². The van der Waals surface area contributed by atoms with E-state index in [4.69, 9.17) is 14.6 Å². The Morgan fingerprint density at radius 2 is 1.88 bits per heavy atom. The molecule has 0 aliphatic carbocycles. The van der Waals surface area contributed by atoms with Gasteiger partial charge in [0.2, 0.25) is 0 Å². The van der Waals surface area contributed by atoms with Crippen molar-refractivity contribution in [3.8, 4) is 5.75 Å². The van der Waals surface area contributed by atoms with E-state index in [0.717, 1.165) is 0 Å². The summed E-state index contributed by atoms with van der Waals surface area (Å²) >= 11 is 0. The lowest BCUT2D eigenvalue weighted by atomic mass is 10.2. The van der Waals surface area contributed by atoms with Gasteiger partial charge in [-0.15, -0.1) is 0 Å². The van der Waals surface area contributed by atoms with Crippen LogP contribution in [0, 0.1) is 10.1 Å². The molecule has 0 saturated carbocycles. The number of ether oxygens (including phenoxy) is 2. The number of carbonyl (C=O) groups excluding carboxylic acids is 1. The van der Waals surface area contributed by atoms with Crippen LogP contribution in [0.15, 0.2) is 48.5 Å². The van der Waals surface area contributed by atoms with Gasteiger partial charge in [0.15, 0.2) is 0 Å². The van der Waals surface area contributed by atoms with Crippen molar-refractivity contribution in [1.82, 2.24) is 0 Å². The number of hydrogen-bond acceptors (Lipinski definition) is 6. The minimum atomic E-state index is -1.20. The minimum Gasteiger partial charge on any atom is -0.465 e. The molecule has 0 spiro atoms. The van der Waals surface area contributed by atoms with Crippen LogP contribution in [0.3, 0.4) is 0 Å². The number of rotatable bonds is 5. The highest BCUT2D eigenvalue weighted by molar-refractivity contribution is 5.82. The molecule has 0 radical (unpaired) electrons. The van der Waals surface area contributed by atoms with E-state index in [0.29, 0.717) is 11.3 Å². The summed E-state index contributed by atoms with van der Waals surface area (Å²) in [6.45, 7) is -0.124. The van der Waals surface area contributed by atoms with Crippen LogP contribution in [0.5, 0.6) is 5.75 Å². The zero-order valence-electron chi connectivity index (χ0n) is 12.2. The maximum Gasteiger partial charge on any atom is 0.514 e. The number of carbonyl (C=O) groups is 2. The molecule has 0 fully saturated rings. The van der Waals surface area contributed by atoms with Crippen LogP contribution in [-0.2, 0) is 11.3 Å². The number of amides is 1. The molecule has 0 aromatic heterocycles. The van der Waals surface area contributed by atoms with E-state index in [9.17, 15) is 19.7 Å². The van der Waals surface area contributed by atoms with Crippen molar-refractivity contribution in [2.45, 2.75) is 6.61 Å². The Bertz CT molecular complexity index is 759.